The first-order valence-electron chi connectivity index (χ1n) is 6.09. The highest BCUT2D eigenvalue weighted by molar-refractivity contribution is 5.82. The Morgan fingerprint density at radius 1 is 1.59 bits per heavy atom. The topological polar surface area (TPSA) is 87.5 Å². The van der Waals surface area contributed by atoms with Crippen LogP contribution in [0.3, 0.4) is 0 Å². The molecule has 6 nitrogen and oxygen atoms in total. The summed E-state index contributed by atoms with van der Waals surface area (Å²) in [6, 6.07) is -0.337. The number of primary amides is 1. The fourth-order valence-electron chi connectivity index (χ4n) is 2.03. The maximum Gasteiger partial charge on any atom is 0.312 e. The highest BCUT2D eigenvalue weighted by Crippen LogP contribution is 2.11. The van der Waals surface area contributed by atoms with Crippen molar-refractivity contribution in [3.05, 3.63) is 0 Å². The van der Waals surface area contributed by atoms with Crippen LogP contribution in [-0.4, -0.2) is 48.6 Å². The molecule has 0 saturated carbocycles. The second kappa shape index (κ2) is 6.44. The van der Waals surface area contributed by atoms with Gasteiger partial charge in [-0.05, 0) is 12.8 Å². The van der Waals surface area contributed by atoms with Gasteiger partial charge in [-0.1, -0.05) is 13.8 Å². The smallest absolute Gasteiger partial charge is 0.312 e. The molecule has 1 aliphatic heterocycles. The standard InChI is InChI=1S/C11H22N4O2/c1-8(2)14-9-4-3-6-15(10(9)16)7-5-13-11(12)17/h8-9,14H,3-7H2,1-2H3,(H3,12,13,17). The molecule has 1 aliphatic rings. The summed E-state index contributed by atoms with van der Waals surface area (Å²) in [5.74, 6) is 0.122. The van der Waals surface area contributed by atoms with Crippen molar-refractivity contribution >= 4 is 11.9 Å². The molecule has 1 rings (SSSR count). The van der Waals surface area contributed by atoms with E-state index in [1.54, 1.807) is 4.90 Å². The summed E-state index contributed by atoms with van der Waals surface area (Å²) in [6.07, 6.45) is 1.88. The number of hydrogen-bond donors (Lipinski definition) is 3. The number of amides is 3. The fourth-order valence-corrected chi connectivity index (χ4v) is 2.03. The Bertz CT molecular complexity index is 281. The van der Waals surface area contributed by atoms with Gasteiger partial charge in [0.2, 0.25) is 5.91 Å². The summed E-state index contributed by atoms with van der Waals surface area (Å²) in [5.41, 5.74) is 4.97. The lowest BCUT2D eigenvalue weighted by Crippen LogP contribution is -2.53. The van der Waals surface area contributed by atoms with Crippen molar-refractivity contribution in [2.75, 3.05) is 19.6 Å². The van der Waals surface area contributed by atoms with Crippen LogP contribution < -0.4 is 16.4 Å². The lowest BCUT2D eigenvalue weighted by molar-refractivity contribution is -0.136. The normalized spacial score (nSPS) is 20.8. The Kier molecular flexibility index (Phi) is 5.21. The van der Waals surface area contributed by atoms with Gasteiger partial charge in [0.05, 0.1) is 6.04 Å². The van der Waals surface area contributed by atoms with E-state index in [-0.39, 0.29) is 11.9 Å². The molecular formula is C11H22N4O2. The predicted octanol–water partition coefficient (Wildman–Crippen LogP) is -0.356. The molecule has 0 aromatic carbocycles. The molecule has 98 valence electrons. The minimum Gasteiger partial charge on any atom is -0.352 e. The molecule has 1 atom stereocenters. The number of hydrogen-bond acceptors (Lipinski definition) is 3. The molecule has 0 spiro atoms. The molecule has 17 heavy (non-hydrogen) atoms. The van der Waals surface area contributed by atoms with Crippen LogP contribution >= 0.6 is 0 Å². The molecule has 1 fully saturated rings. The third-order valence-electron chi connectivity index (χ3n) is 2.75. The largest absolute Gasteiger partial charge is 0.352 e. The van der Waals surface area contributed by atoms with Crippen LogP contribution in [-0.2, 0) is 4.79 Å². The second-order valence-corrected chi connectivity index (χ2v) is 4.63. The van der Waals surface area contributed by atoms with Crippen LogP contribution in [0.15, 0.2) is 0 Å². The fraction of sp³-hybridized carbons (Fsp3) is 0.818. The van der Waals surface area contributed by atoms with Gasteiger partial charge in [0.15, 0.2) is 0 Å². The second-order valence-electron chi connectivity index (χ2n) is 4.63. The molecule has 3 amide bonds. The molecule has 1 heterocycles. The summed E-state index contributed by atoms with van der Waals surface area (Å²) in [4.78, 5) is 24.4. The van der Waals surface area contributed by atoms with E-state index in [1.807, 2.05) is 13.8 Å². The van der Waals surface area contributed by atoms with E-state index in [0.717, 1.165) is 19.4 Å². The lowest BCUT2D eigenvalue weighted by atomic mass is 10.0. The molecule has 4 N–H and O–H groups in total. The van der Waals surface area contributed by atoms with Crippen molar-refractivity contribution in [3.8, 4) is 0 Å². The Morgan fingerprint density at radius 2 is 2.29 bits per heavy atom. The van der Waals surface area contributed by atoms with Crippen LogP contribution in [0.25, 0.3) is 0 Å². The SMILES string of the molecule is CC(C)NC1CCCN(CCNC(N)=O)C1=O. The van der Waals surface area contributed by atoms with Crippen molar-refractivity contribution in [1.82, 2.24) is 15.5 Å². The Morgan fingerprint density at radius 3 is 2.88 bits per heavy atom. The average Bonchev–Trinajstić information content (AvgIpc) is 2.22. The third kappa shape index (κ3) is 4.60. The summed E-state index contributed by atoms with van der Waals surface area (Å²) in [7, 11) is 0. The first kappa shape index (κ1) is 13.8. The van der Waals surface area contributed by atoms with E-state index >= 15 is 0 Å². The molecule has 0 radical (unpaired) electrons. The zero-order valence-electron chi connectivity index (χ0n) is 10.5. The Balaban J connectivity index is 2.39. The number of likely N-dealkylation sites (tertiary alicyclic amines) is 1. The van der Waals surface area contributed by atoms with Crippen molar-refractivity contribution in [1.29, 1.82) is 0 Å². The highest BCUT2D eigenvalue weighted by atomic mass is 16.2. The van der Waals surface area contributed by atoms with Crippen molar-refractivity contribution in [2.24, 2.45) is 5.73 Å². The van der Waals surface area contributed by atoms with Gasteiger partial charge in [-0.15, -0.1) is 0 Å². The Labute approximate surface area is 102 Å². The quantitative estimate of drug-likeness (QED) is 0.615. The number of urea groups is 1. The molecule has 0 aromatic rings. The molecule has 6 heteroatoms. The van der Waals surface area contributed by atoms with E-state index < -0.39 is 6.03 Å². The molecule has 1 saturated heterocycles. The van der Waals surface area contributed by atoms with E-state index in [1.165, 1.54) is 0 Å². The summed E-state index contributed by atoms with van der Waals surface area (Å²) in [6.45, 7) is 5.75. The number of carbonyl (C=O) groups is 2. The summed E-state index contributed by atoms with van der Waals surface area (Å²) >= 11 is 0. The van der Waals surface area contributed by atoms with Gasteiger partial charge < -0.3 is 21.3 Å². The van der Waals surface area contributed by atoms with Crippen molar-refractivity contribution in [3.63, 3.8) is 0 Å². The van der Waals surface area contributed by atoms with Gasteiger partial charge in [0, 0.05) is 25.7 Å². The number of nitrogens with zero attached hydrogens (tertiary/aromatic N) is 1. The minimum atomic E-state index is -0.550. The lowest BCUT2D eigenvalue weighted by Gasteiger charge is -2.33. The van der Waals surface area contributed by atoms with Crippen LogP contribution in [0.2, 0.25) is 0 Å². The highest BCUT2D eigenvalue weighted by Gasteiger charge is 2.28. The number of carbonyl (C=O) groups excluding carboxylic acids is 2. The van der Waals surface area contributed by atoms with Gasteiger partial charge in [-0.2, -0.15) is 0 Å². The van der Waals surface area contributed by atoms with Crippen molar-refractivity contribution < 1.29 is 9.59 Å². The zero-order chi connectivity index (χ0) is 12.8. The maximum atomic E-state index is 12.1. The van der Waals surface area contributed by atoms with E-state index in [2.05, 4.69) is 10.6 Å². The molecule has 1 unspecified atom stereocenters. The van der Waals surface area contributed by atoms with Gasteiger partial charge >= 0.3 is 6.03 Å². The van der Waals surface area contributed by atoms with Crippen LogP contribution in [0.1, 0.15) is 26.7 Å². The summed E-state index contributed by atoms with van der Waals surface area (Å²) < 4.78 is 0. The van der Waals surface area contributed by atoms with Crippen molar-refractivity contribution in [2.45, 2.75) is 38.8 Å². The maximum absolute atomic E-state index is 12.1. The predicted molar refractivity (Wildman–Crippen MR) is 65.5 cm³/mol. The summed E-state index contributed by atoms with van der Waals surface area (Å²) in [5, 5.41) is 5.75. The number of rotatable bonds is 5. The number of piperidine rings is 1. The molecule has 0 aliphatic carbocycles. The first-order chi connectivity index (χ1) is 8.00. The third-order valence-corrected chi connectivity index (χ3v) is 2.75. The van der Waals surface area contributed by atoms with E-state index in [4.69, 9.17) is 5.73 Å². The Hall–Kier alpha value is -1.30. The average molecular weight is 242 g/mol. The van der Waals surface area contributed by atoms with E-state index in [0.29, 0.717) is 19.1 Å². The van der Waals surface area contributed by atoms with Crippen LogP contribution in [0, 0.1) is 0 Å². The monoisotopic (exact) mass is 242 g/mol. The van der Waals surface area contributed by atoms with Gasteiger partial charge in [-0.3, -0.25) is 4.79 Å². The first-order valence-corrected chi connectivity index (χ1v) is 6.09. The molecule has 0 bridgehead atoms. The molecular weight excluding hydrogens is 220 g/mol. The minimum absolute atomic E-state index is 0.0858. The zero-order valence-corrected chi connectivity index (χ0v) is 10.5. The van der Waals surface area contributed by atoms with Crippen LogP contribution in [0.5, 0.6) is 0 Å². The van der Waals surface area contributed by atoms with Gasteiger partial charge in [0.25, 0.3) is 0 Å². The van der Waals surface area contributed by atoms with E-state index in [9.17, 15) is 9.59 Å². The molecule has 0 aromatic heterocycles. The number of nitrogens with two attached hydrogens (primary N) is 1. The van der Waals surface area contributed by atoms with Gasteiger partial charge in [-0.25, -0.2) is 4.79 Å². The number of nitrogens with one attached hydrogen (secondary N) is 2. The van der Waals surface area contributed by atoms with Crippen LogP contribution in [0.4, 0.5) is 4.79 Å². The van der Waals surface area contributed by atoms with Gasteiger partial charge in [0.1, 0.15) is 0 Å².